The molecule has 2 heteroatoms. The minimum absolute atomic E-state index is 0.655. The summed E-state index contributed by atoms with van der Waals surface area (Å²) in [6, 6.07) is 0.655. The number of nitrogens with one attached hydrogen (secondary N) is 1. The first-order chi connectivity index (χ1) is 4.97. The zero-order valence-electron chi connectivity index (χ0n) is 6.27. The minimum atomic E-state index is 0.655. The van der Waals surface area contributed by atoms with E-state index >= 15 is 0 Å². The molecule has 0 aromatic carbocycles. The van der Waals surface area contributed by atoms with Crippen LogP contribution in [0.3, 0.4) is 0 Å². The molecule has 1 aliphatic heterocycles. The van der Waals surface area contributed by atoms with Crippen molar-refractivity contribution in [1.29, 1.82) is 0 Å². The highest BCUT2D eigenvalue weighted by molar-refractivity contribution is 5.90. The Morgan fingerprint density at radius 3 is 3.30 bits per heavy atom. The average Bonchev–Trinajstić information content (AvgIpc) is 2.05. The Morgan fingerprint density at radius 1 is 1.40 bits per heavy atom. The molecule has 0 spiro atoms. The summed E-state index contributed by atoms with van der Waals surface area (Å²) in [5.41, 5.74) is 1.44. The predicted molar refractivity (Wildman–Crippen MR) is 42.6 cm³/mol. The van der Waals surface area contributed by atoms with E-state index < -0.39 is 0 Å². The molecule has 1 heterocycles. The van der Waals surface area contributed by atoms with Crippen LogP contribution in [0.5, 0.6) is 0 Å². The van der Waals surface area contributed by atoms with Gasteiger partial charge in [0.15, 0.2) is 0 Å². The summed E-state index contributed by atoms with van der Waals surface area (Å²) in [5, 5.41) is 3.49. The van der Waals surface area contributed by atoms with Crippen LogP contribution in [-0.2, 0) is 0 Å². The van der Waals surface area contributed by atoms with Crippen molar-refractivity contribution in [2.24, 2.45) is 4.99 Å². The van der Waals surface area contributed by atoms with E-state index in [1.165, 1.54) is 31.4 Å². The molecule has 0 radical (unpaired) electrons. The van der Waals surface area contributed by atoms with Crippen molar-refractivity contribution in [3.63, 3.8) is 0 Å². The van der Waals surface area contributed by atoms with Crippen LogP contribution < -0.4 is 5.32 Å². The van der Waals surface area contributed by atoms with E-state index in [2.05, 4.69) is 10.3 Å². The van der Waals surface area contributed by atoms with Gasteiger partial charge >= 0.3 is 0 Å². The van der Waals surface area contributed by atoms with Gasteiger partial charge in [-0.25, -0.2) is 0 Å². The molecule has 2 aliphatic rings. The van der Waals surface area contributed by atoms with E-state index in [0.29, 0.717) is 6.04 Å². The molecular formula is C8H14N2. The zero-order valence-corrected chi connectivity index (χ0v) is 6.27. The lowest BCUT2D eigenvalue weighted by molar-refractivity contribution is 0.498. The van der Waals surface area contributed by atoms with Gasteiger partial charge in [-0.2, -0.15) is 0 Å². The maximum absolute atomic E-state index is 4.51. The zero-order chi connectivity index (χ0) is 6.81. The number of aliphatic imine (C=N–C) groups is 1. The Labute approximate surface area is 61.7 Å². The van der Waals surface area contributed by atoms with Gasteiger partial charge in [0, 0.05) is 18.3 Å². The fourth-order valence-electron chi connectivity index (χ4n) is 1.84. The maximum Gasteiger partial charge on any atom is 0.0514 e. The van der Waals surface area contributed by atoms with E-state index in [4.69, 9.17) is 0 Å². The fraction of sp³-hybridized carbons (Fsp3) is 0.875. The van der Waals surface area contributed by atoms with Gasteiger partial charge in [-0.15, -0.1) is 0 Å². The third-order valence-electron chi connectivity index (χ3n) is 2.40. The van der Waals surface area contributed by atoms with Gasteiger partial charge in [-0.1, -0.05) is 6.42 Å². The van der Waals surface area contributed by atoms with Gasteiger partial charge in [-0.05, 0) is 19.3 Å². The number of fused-ring (bicyclic) bond motifs is 1. The van der Waals surface area contributed by atoms with E-state index in [1.807, 2.05) is 0 Å². The van der Waals surface area contributed by atoms with Crippen LogP contribution in [0.15, 0.2) is 4.99 Å². The summed E-state index contributed by atoms with van der Waals surface area (Å²) in [7, 11) is 0. The molecule has 2 nitrogen and oxygen atoms in total. The monoisotopic (exact) mass is 138 g/mol. The third kappa shape index (κ3) is 1.08. The SMILES string of the molecule is C1CCC2NCCN=C2C1. The highest BCUT2D eigenvalue weighted by Gasteiger charge is 2.21. The first kappa shape index (κ1) is 6.35. The second kappa shape index (κ2) is 2.70. The van der Waals surface area contributed by atoms with Crippen LogP contribution in [-0.4, -0.2) is 24.8 Å². The molecule has 1 N–H and O–H groups in total. The Hall–Kier alpha value is -0.370. The summed E-state index contributed by atoms with van der Waals surface area (Å²) >= 11 is 0. The van der Waals surface area contributed by atoms with E-state index in [1.54, 1.807) is 0 Å². The van der Waals surface area contributed by atoms with Crippen molar-refractivity contribution in [2.75, 3.05) is 13.1 Å². The van der Waals surface area contributed by atoms with Gasteiger partial charge in [0.25, 0.3) is 0 Å². The Bertz CT molecular complexity index is 151. The molecule has 0 aromatic heterocycles. The quantitative estimate of drug-likeness (QED) is 0.530. The summed E-state index contributed by atoms with van der Waals surface area (Å²) in [4.78, 5) is 4.51. The molecular weight excluding hydrogens is 124 g/mol. The normalized spacial score (nSPS) is 32.8. The van der Waals surface area contributed by atoms with Gasteiger partial charge in [0.05, 0.1) is 6.54 Å². The Balaban J connectivity index is 2.08. The molecule has 1 aliphatic carbocycles. The van der Waals surface area contributed by atoms with Gasteiger partial charge in [0.2, 0.25) is 0 Å². The highest BCUT2D eigenvalue weighted by atomic mass is 15.0. The first-order valence-corrected chi connectivity index (χ1v) is 4.23. The lowest BCUT2D eigenvalue weighted by Gasteiger charge is -2.28. The topological polar surface area (TPSA) is 24.4 Å². The number of hydrogen-bond donors (Lipinski definition) is 1. The van der Waals surface area contributed by atoms with Crippen molar-refractivity contribution >= 4 is 5.71 Å². The van der Waals surface area contributed by atoms with Crippen LogP contribution in [0.25, 0.3) is 0 Å². The predicted octanol–water partition coefficient (Wildman–Crippen LogP) is 0.973. The molecule has 1 fully saturated rings. The maximum atomic E-state index is 4.51. The van der Waals surface area contributed by atoms with E-state index in [0.717, 1.165) is 13.1 Å². The van der Waals surface area contributed by atoms with Crippen molar-refractivity contribution in [3.8, 4) is 0 Å². The summed E-state index contributed by atoms with van der Waals surface area (Å²) < 4.78 is 0. The van der Waals surface area contributed by atoms with Crippen LogP contribution in [0.2, 0.25) is 0 Å². The third-order valence-corrected chi connectivity index (χ3v) is 2.40. The molecule has 1 unspecified atom stereocenters. The van der Waals surface area contributed by atoms with Crippen molar-refractivity contribution in [1.82, 2.24) is 5.32 Å². The van der Waals surface area contributed by atoms with Crippen LogP contribution >= 0.6 is 0 Å². The molecule has 0 aromatic rings. The molecule has 1 saturated carbocycles. The molecule has 10 heavy (non-hydrogen) atoms. The van der Waals surface area contributed by atoms with Crippen molar-refractivity contribution < 1.29 is 0 Å². The molecule has 0 amide bonds. The Morgan fingerprint density at radius 2 is 2.40 bits per heavy atom. The standard InChI is InChI=1S/C8H14N2/c1-2-4-8-7(3-1)9-5-6-10-8/h7,9H,1-6H2. The summed E-state index contributed by atoms with van der Waals surface area (Å²) in [6.07, 6.45) is 5.31. The van der Waals surface area contributed by atoms with Crippen molar-refractivity contribution in [3.05, 3.63) is 0 Å². The lowest BCUT2D eigenvalue weighted by atomic mass is 9.92. The van der Waals surface area contributed by atoms with Crippen LogP contribution in [0, 0.1) is 0 Å². The fourth-order valence-corrected chi connectivity index (χ4v) is 1.84. The van der Waals surface area contributed by atoms with E-state index in [-0.39, 0.29) is 0 Å². The van der Waals surface area contributed by atoms with Gasteiger partial charge in [0.1, 0.15) is 0 Å². The summed E-state index contributed by atoms with van der Waals surface area (Å²) in [5.74, 6) is 0. The average molecular weight is 138 g/mol. The smallest absolute Gasteiger partial charge is 0.0514 e. The van der Waals surface area contributed by atoms with Crippen molar-refractivity contribution in [2.45, 2.75) is 31.7 Å². The minimum Gasteiger partial charge on any atom is -0.307 e. The number of hydrogen-bond acceptors (Lipinski definition) is 2. The molecule has 56 valence electrons. The van der Waals surface area contributed by atoms with Gasteiger partial charge in [-0.3, -0.25) is 4.99 Å². The molecule has 2 rings (SSSR count). The number of nitrogens with zero attached hydrogens (tertiary/aromatic N) is 1. The second-order valence-corrected chi connectivity index (χ2v) is 3.13. The molecule has 1 atom stereocenters. The Kier molecular flexibility index (Phi) is 1.72. The molecule has 0 bridgehead atoms. The summed E-state index contributed by atoms with van der Waals surface area (Å²) in [6.45, 7) is 2.10. The second-order valence-electron chi connectivity index (χ2n) is 3.13. The largest absolute Gasteiger partial charge is 0.307 e. The number of rotatable bonds is 0. The van der Waals surface area contributed by atoms with E-state index in [9.17, 15) is 0 Å². The van der Waals surface area contributed by atoms with Crippen LogP contribution in [0.1, 0.15) is 25.7 Å². The lowest BCUT2D eigenvalue weighted by Crippen LogP contribution is -2.43. The molecule has 0 saturated heterocycles. The first-order valence-electron chi connectivity index (χ1n) is 4.23. The highest BCUT2D eigenvalue weighted by Crippen LogP contribution is 2.17. The van der Waals surface area contributed by atoms with Gasteiger partial charge < -0.3 is 5.32 Å². The van der Waals surface area contributed by atoms with Crippen LogP contribution in [0.4, 0.5) is 0 Å².